The molecule has 0 bridgehead atoms. The number of rotatable bonds is 6. The standard InChI is InChI=1S/C15H20N2O/c16-14-5-1-3-13(11-14)8-9-15(18)17-10-2-4-12-6-7-12/h1,3,5,8-9,11-12H,2,4,6-7,10,16H2,(H,17,18)/b9-8+. The molecule has 96 valence electrons. The van der Waals surface area contributed by atoms with Crippen LogP contribution in [0.3, 0.4) is 0 Å². The van der Waals surface area contributed by atoms with Crippen molar-refractivity contribution in [2.75, 3.05) is 12.3 Å². The normalized spacial score (nSPS) is 14.9. The highest BCUT2D eigenvalue weighted by atomic mass is 16.1. The molecule has 0 aliphatic heterocycles. The van der Waals surface area contributed by atoms with Crippen LogP contribution < -0.4 is 11.1 Å². The Bertz CT molecular complexity index is 436. The van der Waals surface area contributed by atoms with Gasteiger partial charge in [0.1, 0.15) is 0 Å². The fraction of sp³-hybridized carbons (Fsp3) is 0.400. The van der Waals surface area contributed by atoms with Gasteiger partial charge in [0.2, 0.25) is 5.91 Å². The number of hydrogen-bond acceptors (Lipinski definition) is 2. The number of carbonyl (C=O) groups is 1. The first-order valence-corrected chi connectivity index (χ1v) is 6.55. The van der Waals surface area contributed by atoms with Gasteiger partial charge in [-0.1, -0.05) is 25.0 Å². The Morgan fingerprint density at radius 3 is 3.00 bits per heavy atom. The van der Waals surface area contributed by atoms with Gasteiger partial charge in [0.15, 0.2) is 0 Å². The van der Waals surface area contributed by atoms with Crippen LogP contribution in [-0.4, -0.2) is 12.5 Å². The molecule has 0 spiro atoms. The van der Waals surface area contributed by atoms with Crippen molar-refractivity contribution in [3.63, 3.8) is 0 Å². The van der Waals surface area contributed by atoms with Crippen molar-refractivity contribution in [2.24, 2.45) is 5.92 Å². The fourth-order valence-corrected chi connectivity index (χ4v) is 1.90. The van der Waals surface area contributed by atoms with E-state index in [-0.39, 0.29) is 5.91 Å². The van der Waals surface area contributed by atoms with E-state index in [4.69, 9.17) is 5.73 Å². The summed E-state index contributed by atoms with van der Waals surface area (Å²) in [5, 5.41) is 2.89. The van der Waals surface area contributed by atoms with E-state index < -0.39 is 0 Å². The van der Waals surface area contributed by atoms with Gasteiger partial charge in [0.25, 0.3) is 0 Å². The monoisotopic (exact) mass is 244 g/mol. The summed E-state index contributed by atoms with van der Waals surface area (Å²) in [5.41, 5.74) is 7.32. The van der Waals surface area contributed by atoms with E-state index in [0.717, 1.165) is 24.4 Å². The van der Waals surface area contributed by atoms with E-state index in [1.54, 1.807) is 12.2 Å². The summed E-state index contributed by atoms with van der Waals surface area (Å²) in [7, 11) is 0. The molecule has 0 unspecified atom stereocenters. The molecular formula is C15H20N2O. The summed E-state index contributed by atoms with van der Waals surface area (Å²) >= 11 is 0. The van der Waals surface area contributed by atoms with Crippen molar-refractivity contribution in [2.45, 2.75) is 25.7 Å². The maximum atomic E-state index is 11.5. The number of nitrogens with two attached hydrogens (primary N) is 1. The van der Waals surface area contributed by atoms with Crippen molar-refractivity contribution < 1.29 is 4.79 Å². The Morgan fingerprint density at radius 1 is 1.44 bits per heavy atom. The average Bonchev–Trinajstić information content (AvgIpc) is 3.16. The number of anilines is 1. The SMILES string of the molecule is Nc1cccc(/C=C/C(=O)NCCCC2CC2)c1. The zero-order valence-corrected chi connectivity index (χ0v) is 10.6. The quantitative estimate of drug-likeness (QED) is 0.459. The number of nitrogen functional groups attached to an aromatic ring is 1. The van der Waals surface area contributed by atoms with Gasteiger partial charge < -0.3 is 11.1 Å². The summed E-state index contributed by atoms with van der Waals surface area (Å²) in [6, 6.07) is 7.47. The Balaban J connectivity index is 1.69. The van der Waals surface area contributed by atoms with Gasteiger partial charge in [-0.2, -0.15) is 0 Å². The minimum atomic E-state index is -0.0341. The van der Waals surface area contributed by atoms with Crippen LogP contribution in [0.25, 0.3) is 6.08 Å². The van der Waals surface area contributed by atoms with E-state index in [9.17, 15) is 4.79 Å². The van der Waals surface area contributed by atoms with Crippen LogP contribution in [0, 0.1) is 5.92 Å². The molecule has 1 aliphatic rings. The average molecular weight is 244 g/mol. The topological polar surface area (TPSA) is 55.1 Å². The van der Waals surface area contributed by atoms with Crippen LogP contribution in [0.4, 0.5) is 5.69 Å². The van der Waals surface area contributed by atoms with Crippen molar-refractivity contribution in [1.29, 1.82) is 0 Å². The number of nitrogens with one attached hydrogen (secondary N) is 1. The summed E-state index contributed by atoms with van der Waals surface area (Å²) < 4.78 is 0. The van der Waals surface area contributed by atoms with Crippen molar-refractivity contribution in [1.82, 2.24) is 5.32 Å². The van der Waals surface area contributed by atoms with Gasteiger partial charge in [-0.25, -0.2) is 0 Å². The molecule has 1 saturated carbocycles. The number of benzene rings is 1. The smallest absolute Gasteiger partial charge is 0.243 e. The summed E-state index contributed by atoms with van der Waals surface area (Å²) in [5.74, 6) is 0.901. The Labute approximate surface area is 108 Å². The molecule has 1 aromatic carbocycles. The first-order valence-electron chi connectivity index (χ1n) is 6.55. The summed E-state index contributed by atoms with van der Waals surface area (Å²) in [4.78, 5) is 11.5. The highest BCUT2D eigenvalue weighted by Crippen LogP contribution is 2.33. The molecule has 1 aliphatic carbocycles. The molecule has 3 N–H and O–H groups in total. The lowest BCUT2D eigenvalue weighted by molar-refractivity contribution is -0.116. The molecule has 0 heterocycles. The van der Waals surface area contributed by atoms with Gasteiger partial charge in [0, 0.05) is 18.3 Å². The highest BCUT2D eigenvalue weighted by Gasteiger charge is 2.19. The molecule has 0 radical (unpaired) electrons. The predicted octanol–water partition coefficient (Wildman–Crippen LogP) is 2.59. The molecule has 0 saturated heterocycles. The molecule has 0 aromatic heterocycles. The Kier molecular flexibility index (Phi) is 4.40. The Morgan fingerprint density at radius 2 is 2.28 bits per heavy atom. The first kappa shape index (κ1) is 12.7. The van der Waals surface area contributed by atoms with Gasteiger partial charge in [-0.15, -0.1) is 0 Å². The van der Waals surface area contributed by atoms with E-state index in [2.05, 4.69) is 5.32 Å². The molecule has 1 fully saturated rings. The largest absolute Gasteiger partial charge is 0.399 e. The Hall–Kier alpha value is -1.77. The van der Waals surface area contributed by atoms with E-state index in [1.165, 1.54) is 19.3 Å². The molecular weight excluding hydrogens is 224 g/mol. The molecule has 3 nitrogen and oxygen atoms in total. The molecule has 2 rings (SSSR count). The van der Waals surface area contributed by atoms with Crippen molar-refractivity contribution in [3.05, 3.63) is 35.9 Å². The fourth-order valence-electron chi connectivity index (χ4n) is 1.90. The lowest BCUT2D eigenvalue weighted by Crippen LogP contribution is -2.22. The van der Waals surface area contributed by atoms with Gasteiger partial charge in [0.05, 0.1) is 0 Å². The van der Waals surface area contributed by atoms with Gasteiger partial charge >= 0.3 is 0 Å². The van der Waals surface area contributed by atoms with Crippen LogP contribution in [0.2, 0.25) is 0 Å². The highest BCUT2D eigenvalue weighted by molar-refractivity contribution is 5.91. The third-order valence-electron chi connectivity index (χ3n) is 3.12. The molecule has 3 heteroatoms. The molecule has 0 atom stereocenters. The molecule has 18 heavy (non-hydrogen) atoms. The second-order valence-electron chi connectivity index (χ2n) is 4.88. The van der Waals surface area contributed by atoms with E-state index in [1.807, 2.05) is 24.3 Å². The van der Waals surface area contributed by atoms with E-state index in [0.29, 0.717) is 5.69 Å². The second-order valence-corrected chi connectivity index (χ2v) is 4.88. The lowest BCUT2D eigenvalue weighted by Gasteiger charge is -2.01. The maximum Gasteiger partial charge on any atom is 0.243 e. The van der Waals surface area contributed by atoms with Crippen LogP contribution in [0.1, 0.15) is 31.2 Å². The van der Waals surface area contributed by atoms with Crippen LogP contribution in [-0.2, 0) is 4.79 Å². The predicted molar refractivity (Wildman–Crippen MR) is 74.9 cm³/mol. The number of carbonyl (C=O) groups excluding carboxylic acids is 1. The third-order valence-corrected chi connectivity index (χ3v) is 3.12. The second kappa shape index (κ2) is 6.24. The van der Waals surface area contributed by atoms with Crippen molar-refractivity contribution >= 4 is 17.7 Å². The van der Waals surface area contributed by atoms with Gasteiger partial charge in [-0.05, 0) is 42.5 Å². The molecule has 1 amide bonds. The first-order chi connectivity index (χ1) is 8.74. The van der Waals surface area contributed by atoms with Crippen molar-refractivity contribution in [3.8, 4) is 0 Å². The third kappa shape index (κ3) is 4.62. The number of amides is 1. The van der Waals surface area contributed by atoms with Crippen LogP contribution in [0.15, 0.2) is 30.3 Å². The zero-order chi connectivity index (χ0) is 12.8. The maximum absolute atomic E-state index is 11.5. The minimum Gasteiger partial charge on any atom is -0.399 e. The molecule has 1 aromatic rings. The lowest BCUT2D eigenvalue weighted by atomic mass is 10.2. The number of hydrogen-bond donors (Lipinski definition) is 2. The van der Waals surface area contributed by atoms with Gasteiger partial charge in [-0.3, -0.25) is 4.79 Å². The zero-order valence-electron chi connectivity index (χ0n) is 10.6. The summed E-state index contributed by atoms with van der Waals surface area (Å²) in [6.07, 6.45) is 8.44. The van der Waals surface area contributed by atoms with E-state index >= 15 is 0 Å². The van der Waals surface area contributed by atoms with Crippen LogP contribution >= 0.6 is 0 Å². The summed E-state index contributed by atoms with van der Waals surface area (Å²) in [6.45, 7) is 0.774. The minimum absolute atomic E-state index is 0.0341. The van der Waals surface area contributed by atoms with Crippen LogP contribution in [0.5, 0.6) is 0 Å².